The molecule has 5 nitrogen and oxygen atoms in total. The molecule has 3 heterocycles. The molecule has 30 heavy (non-hydrogen) atoms. The summed E-state index contributed by atoms with van der Waals surface area (Å²) >= 11 is -2.43. The summed E-state index contributed by atoms with van der Waals surface area (Å²) in [6.07, 6.45) is 2.75. The number of halogens is 2. The molecule has 0 bridgehead atoms. The summed E-state index contributed by atoms with van der Waals surface area (Å²) in [5.74, 6) is -1.19. The molecule has 0 spiro atoms. The molecular formula is C22H25F2N3O2Sn. The van der Waals surface area contributed by atoms with E-state index >= 15 is 0 Å². The Morgan fingerprint density at radius 1 is 1.03 bits per heavy atom. The first-order valence-electron chi connectivity index (χ1n) is 9.62. The van der Waals surface area contributed by atoms with Gasteiger partial charge in [-0.25, -0.2) is 4.39 Å². The van der Waals surface area contributed by atoms with Gasteiger partial charge < -0.3 is 0 Å². The predicted molar refractivity (Wildman–Crippen MR) is 116 cm³/mol. The summed E-state index contributed by atoms with van der Waals surface area (Å²) in [5.41, 5.74) is 2.59. The Kier molecular flexibility index (Phi) is 6.31. The fraction of sp³-hybridized carbons (Fsp3) is 0.318. The summed E-state index contributed by atoms with van der Waals surface area (Å²) in [7, 11) is 0. The molecule has 0 amide bonds. The second kappa shape index (κ2) is 8.45. The van der Waals surface area contributed by atoms with E-state index in [0.717, 1.165) is 27.2 Å². The van der Waals surface area contributed by atoms with Gasteiger partial charge in [0.05, 0.1) is 0 Å². The second-order valence-electron chi connectivity index (χ2n) is 8.39. The standard InChI is InChI=1S/C19H16F2N3O2.3CH3.Sn/c1-11-8-22-5-4-17(11)24-12(2)6-18(13(3)19(24)25)26-10-16-15(21)7-14(20)9-23-16;;;;/h4,6-9H,10H2,1-3H3;3*1H3;. The van der Waals surface area contributed by atoms with Crippen LogP contribution in [0.5, 0.6) is 5.75 Å². The fourth-order valence-electron chi connectivity index (χ4n) is 3.10. The summed E-state index contributed by atoms with van der Waals surface area (Å²) in [4.78, 5) is 28.3. The summed E-state index contributed by atoms with van der Waals surface area (Å²) in [5, 5.41) is 0. The topological polar surface area (TPSA) is 57.0 Å². The van der Waals surface area contributed by atoms with Crippen LogP contribution in [0.4, 0.5) is 8.78 Å². The van der Waals surface area contributed by atoms with Crippen molar-refractivity contribution in [2.45, 2.75) is 42.2 Å². The number of aryl methyl sites for hydroxylation is 2. The third-order valence-corrected chi connectivity index (χ3v) is 10.1. The Hall–Kier alpha value is -2.29. The van der Waals surface area contributed by atoms with Crippen LogP contribution in [0.3, 0.4) is 0 Å². The van der Waals surface area contributed by atoms with Crippen molar-refractivity contribution in [3.8, 4) is 11.4 Å². The van der Waals surface area contributed by atoms with E-state index in [4.69, 9.17) is 4.74 Å². The maximum atomic E-state index is 13.8. The van der Waals surface area contributed by atoms with Gasteiger partial charge in [-0.15, -0.1) is 0 Å². The number of rotatable bonds is 5. The zero-order valence-corrected chi connectivity index (χ0v) is 20.9. The molecule has 158 valence electrons. The van der Waals surface area contributed by atoms with Gasteiger partial charge in [0.25, 0.3) is 0 Å². The Morgan fingerprint density at radius 2 is 1.73 bits per heavy atom. The molecule has 0 N–H and O–H groups in total. The van der Waals surface area contributed by atoms with E-state index in [-0.39, 0.29) is 17.9 Å². The van der Waals surface area contributed by atoms with Crippen molar-refractivity contribution in [3.63, 3.8) is 0 Å². The van der Waals surface area contributed by atoms with Crippen LogP contribution in [-0.4, -0.2) is 32.9 Å². The molecule has 0 fully saturated rings. The second-order valence-corrected chi connectivity index (χ2v) is 22.7. The van der Waals surface area contributed by atoms with Gasteiger partial charge in [-0.3, -0.25) is 0 Å². The van der Waals surface area contributed by atoms with Crippen molar-refractivity contribution in [2.24, 2.45) is 0 Å². The van der Waals surface area contributed by atoms with Crippen LogP contribution in [0.25, 0.3) is 5.69 Å². The zero-order valence-electron chi connectivity index (χ0n) is 18.0. The van der Waals surface area contributed by atoms with Crippen molar-refractivity contribution in [1.29, 1.82) is 0 Å². The van der Waals surface area contributed by atoms with Gasteiger partial charge in [-0.05, 0) is 0 Å². The first kappa shape index (κ1) is 22.4. The minimum absolute atomic E-state index is 0.0232. The number of hydrogen-bond acceptors (Lipinski definition) is 4. The Balaban J connectivity index is 2.01. The van der Waals surface area contributed by atoms with Crippen LogP contribution < -0.4 is 14.0 Å². The number of aromatic nitrogens is 3. The average molecular weight is 520 g/mol. The van der Waals surface area contributed by atoms with E-state index in [2.05, 4.69) is 24.8 Å². The molecule has 0 radical (unpaired) electrons. The van der Waals surface area contributed by atoms with Crippen molar-refractivity contribution >= 4 is 22.1 Å². The number of hydrogen-bond donors (Lipinski definition) is 0. The van der Waals surface area contributed by atoms with Crippen molar-refractivity contribution in [1.82, 2.24) is 14.5 Å². The number of nitrogens with zero attached hydrogens (tertiary/aromatic N) is 3. The van der Waals surface area contributed by atoms with Crippen molar-refractivity contribution in [2.75, 3.05) is 0 Å². The molecular weight excluding hydrogens is 495 g/mol. The van der Waals surface area contributed by atoms with E-state index in [1.807, 2.05) is 26.1 Å². The first-order valence-corrected chi connectivity index (χ1v) is 19.6. The van der Waals surface area contributed by atoms with Crippen LogP contribution in [0.15, 0.2) is 35.4 Å². The molecule has 0 aromatic carbocycles. The molecule has 0 unspecified atom stereocenters. The molecule has 0 atom stereocenters. The van der Waals surface area contributed by atoms with Crippen LogP contribution in [-0.2, 0) is 6.61 Å². The quantitative estimate of drug-likeness (QED) is 0.479. The van der Waals surface area contributed by atoms with Crippen LogP contribution in [0, 0.1) is 32.4 Å². The van der Waals surface area contributed by atoms with Gasteiger partial charge in [0.1, 0.15) is 5.82 Å². The minimum atomic E-state index is -2.43. The molecule has 8 heteroatoms. The van der Waals surface area contributed by atoms with Gasteiger partial charge in [0.15, 0.2) is 0 Å². The molecule has 0 aliphatic heterocycles. The first-order chi connectivity index (χ1) is 14.0. The van der Waals surface area contributed by atoms with Gasteiger partial charge in [-0.1, -0.05) is 0 Å². The third kappa shape index (κ3) is 4.55. The zero-order chi connectivity index (χ0) is 22.2. The van der Waals surface area contributed by atoms with Crippen molar-refractivity contribution in [3.05, 3.63) is 75.1 Å². The van der Waals surface area contributed by atoms with Gasteiger partial charge in [0.2, 0.25) is 0 Å². The summed E-state index contributed by atoms with van der Waals surface area (Å²) < 4.78 is 35.3. The van der Waals surface area contributed by atoms with E-state index < -0.39 is 30.0 Å². The summed E-state index contributed by atoms with van der Waals surface area (Å²) in [6.45, 7) is 5.22. The van der Waals surface area contributed by atoms with Crippen molar-refractivity contribution < 1.29 is 13.5 Å². The molecule has 3 rings (SSSR count). The Labute approximate surface area is 178 Å². The van der Waals surface area contributed by atoms with Crippen LogP contribution in [0.1, 0.15) is 22.5 Å². The molecule has 0 saturated heterocycles. The Bertz CT molecular complexity index is 1170. The number of pyridine rings is 3. The van der Waals surface area contributed by atoms with E-state index in [9.17, 15) is 13.6 Å². The molecule has 3 aromatic rings. The summed E-state index contributed by atoms with van der Waals surface area (Å²) in [6, 6.07) is 4.53. The monoisotopic (exact) mass is 521 g/mol. The molecule has 0 aliphatic carbocycles. The van der Waals surface area contributed by atoms with Crippen LogP contribution >= 0.6 is 0 Å². The predicted octanol–water partition coefficient (Wildman–Crippen LogP) is 3.96. The van der Waals surface area contributed by atoms with Crippen LogP contribution in [0.2, 0.25) is 14.8 Å². The normalized spacial score (nSPS) is 11.6. The van der Waals surface area contributed by atoms with E-state index in [1.54, 1.807) is 17.6 Å². The third-order valence-electron chi connectivity index (χ3n) is 4.92. The molecule has 0 saturated carbocycles. The SMILES string of the molecule is Cc1cn[c]([Sn]([CH3])([CH3])[CH3])cc1-n1c(C)cc(OCc2ncc(F)cc2F)c(C)c1=O. The average Bonchev–Trinajstić information content (AvgIpc) is 2.65. The maximum absolute atomic E-state index is 13.8. The fourth-order valence-corrected chi connectivity index (χ4v) is 6.02. The van der Waals surface area contributed by atoms with Gasteiger partial charge in [0, 0.05) is 0 Å². The van der Waals surface area contributed by atoms with E-state index in [0.29, 0.717) is 17.0 Å². The van der Waals surface area contributed by atoms with E-state index in [1.165, 1.54) is 0 Å². The Morgan fingerprint density at radius 3 is 2.37 bits per heavy atom. The number of ether oxygens (including phenoxy) is 1. The van der Waals surface area contributed by atoms with Gasteiger partial charge >= 0.3 is 169 Å². The van der Waals surface area contributed by atoms with Gasteiger partial charge in [-0.2, -0.15) is 0 Å². The molecule has 3 aromatic heterocycles. The molecule has 0 aliphatic rings.